The molecule has 0 bridgehead atoms. The maximum atomic E-state index is 5.97. The molecule has 0 heterocycles. The van der Waals surface area contributed by atoms with Gasteiger partial charge in [-0.15, -0.1) is 0 Å². The highest BCUT2D eigenvalue weighted by atomic mass is 28.3. The van der Waals surface area contributed by atoms with Gasteiger partial charge in [0.15, 0.2) is 0 Å². The first kappa shape index (κ1) is 13.2. The van der Waals surface area contributed by atoms with Crippen molar-refractivity contribution in [3.05, 3.63) is 0 Å². The maximum Gasteiger partial charge on any atom is 0.484 e. The fourth-order valence-corrected chi connectivity index (χ4v) is 3.41. The molecule has 0 aromatic carbocycles. The number of hydrogen-bond acceptors (Lipinski definition) is 3. The Kier molecular flexibility index (Phi) is 5.25. The van der Waals surface area contributed by atoms with Crippen LogP contribution in [0.1, 0.15) is 46.0 Å². The second-order valence-electron chi connectivity index (χ2n) is 4.82. The Hall–Kier alpha value is 0.0969. The first-order valence-corrected chi connectivity index (χ1v) is 7.25. The van der Waals surface area contributed by atoms with Crippen LogP contribution in [0.15, 0.2) is 0 Å². The van der Waals surface area contributed by atoms with E-state index in [1.165, 1.54) is 32.1 Å². The van der Waals surface area contributed by atoms with Crippen molar-refractivity contribution in [2.75, 3.05) is 14.2 Å². The second-order valence-corrected chi connectivity index (χ2v) is 6.57. The van der Waals surface area contributed by atoms with E-state index in [4.69, 9.17) is 13.3 Å². The minimum Gasteiger partial charge on any atom is -0.379 e. The molecular formula is C11H24O3Si. The Bertz CT molecular complexity index is 175. The molecule has 90 valence electrons. The average molecular weight is 232 g/mol. The number of hydrogen-bond donors (Lipinski definition) is 0. The Labute approximate surface area is 95.1 Å². The lowest BCUT2D eigenvalue weighted by atomic mass is 9.79. The van der Waals surface area contributed by atoms with E-state index in [9.17, 15) is 0 Å². The minimum absolute atomic E-state index is 0.0939. The fourth-order valence-electron chi connectivity index (χ4n) is 2.33. The highest BCUT2D eigenvalue weighted by Gasteiger charge is 2.34. The van der Waals surface area contributed by atoms with Gasteiger partial charge in [-0.1, -0.05) is 19.3 Å². The summed E-state index contributed by atoms with van der Waals surface area (Å²) in [5, 5.41) is 0. The highest BCUT2D eigenvalue weighted by Crippen LogP contribution is 2.35. The van der Waals surface area contributed by atoms with E-state index in [1.807, 2.05) is 0 Å². The zero-order valence-corrected chi connectivity index (χ0v) is 11.6. The van der Waals surface area contributed by atoms with E-state index < -0.39 is 9.53 Å². The van der Waals surface area contributed by atoms with Crippen molar-refractivity contribution in [3.63, 3.8) is 0 Å². The molecule has 1 fully saturated rings. The quantitative estimate of drug-likeness (QED) is 0.681. The van der Waals surface area contributed by atoms with Crippen LogP contribution in [0, 0.1) is 5.92 Å². The predicted molar refractivity (Wildman–Crippen MR) is 62.9 cm³/mol. The molecule has 15 heavy (non-hydrogen) atoms. The summed E-state index contributed by atoms with van der Waals surface area (Å²) in [5.74, 6) is 0.659. The molecule has 0 N–H and O–H groups in total. The summed E-state index contributed by atoms with van der Waals surface area (Å²) in [5.41, 5.74) is -0.0939. The average Bonchev–Trinajstić information content (AvgIpc) is 2.27. The van der Waals surface area contributed by atoms with E-state index in [1.54, 1.807) is 14.2 Å². The van der Waals surface area contributed by atoms with Crippen LogP contribution in [0.3, 0.4) is 0 Å². The summed E-state index contributed by atoms with van der Waals surface area (Å²) in [6, 6.07) is 0. The lowest BCUT2D eigenvalue weighted by Crippen LogP contribution is -2.42. The zero-order valence-electron chi connectivity index (χ0n) is 10.4. The Morgan fingerprint density at radius 1 is 1.00 bits per heavy atom. The molecule has 1 aliphatic carbocycles. The van der Waals surface area contributed by atoms with Gasteiger partial charge in [-0.25, -0.2) is 0 Å². The van der Waals surface area contributed by atoms with Crippen molar-refractivity contribution >= 4 is 9.53 Å². The molecule has 0 saturated heterocycles. The molecule has 0 spiro atoms. The molecule has 0 aromatic heterocycles. The summed E-state index contributed by atoms with van der Waals surface area (Å²) < 4.78 is 16.4. The lowest BCUT2D eigenvalue weighted by molar-refractivity contribution is -0.0236. The first-order valence-electron chi connectivity index (χ1n) is 5.83. The van der Waals surface area contributed by atoms with Crippen LogP contribution in [0.2, 0.25) is 0 Å². The molecule has 1 saturated carbocycles. The van der Waals surface area contributed by atoms with Crippen LogP contribution in [-0.4, -0.2) is 29.3 Å². The zero-order chi connectivity index (χ0) is 11.3. The van der Waals surface area contributed by atoms with Crippen LogP contribution < -0.4 is 0 Å². The van der Waals surface area contributed by atoms with Crippen molar-refractivity contribution < 1.29 is 13.3 Å². The van der Waals surface area contributed by atoms with Gasteiger partial charge in [0.1, 0.15) is 0 Å². The van der Waals surface area contributed by atoms with Crippen LogP contribution in [0.4, 0.5) is 0 Å². The van der Waals surface area contributed by atoms with Gasteiger partial charge in [-0.2, -0.15) is 0 Å². The van der Waals surface area contributed by atoms with Gasteiger partial charge in [0.05, 0.1) is 5.60 Å². The molecule has 3 nitrogen and oxygen atoms in total. The molecule has 1 rings (SSSR count). The predicted octanol–water partition coefficient (Wildman–Crippen LogP) is 2.37. The van der Waals surface area contributed by atoms with Crippen LogP contribution in [-0.2, 0) is 13.3 Å². The van der Waals surface area contributed by atoms with Crippen LogP contribution in [0.5, 0.6) is 0 Å². The van der Waals surface area contributed by atoms with E-state index >= 15 is 0 Å². The molecule has 0 amide bonds. The molecular weight excluding hydrogens is 208 g/mol. The van der Waals surface area contributed by atoms with Gasteiger partial charge in [0.2, 0.25) is 0 Å². The highest BCUT2D eigenvalue weighted by molar-refractivity contribution is 6.36. The topological polar surface area (TPSA) is 27.7 Å². The van der Waals surface area contributed by atoms with E-state index in [0.29, 0.717) is 5.92 Å². The normalized spacial score (nSPS) is 19.8. The molecule has 0 aromatic rings. The van der Waals surface area contributed by atoms with Crippen LogP contribution >= 0.6 is 0 Å². The van der Waals surface area contributed by atoms with Crippen molar-refractivity contribution in [2.24, 2.45) is 5.92 Å². The van der Waals surface area contributed by atoms with Gasteiger partial charge in [0.25, 0.3) is 0 Å². The first-order chi connectivity index (χ1) is 7.10. The minimum atomic E-state index is -1.89. The molecule has 0 unspecified atom stereocenters. The summed E-state index contributed by atoms with van der Waals surface area (Å²) in [4.78, 5) is 0. The summed E-state index contributed by atoms with van der Waals surface area (Å²) in [7, 11) is 1.44. The maximum absolute atomic E-state index is 5.97. The molecule has 0 radical (unpaired) electrons. The number of rotatable bonds is 5. The Balaban J connectivity index is 2.47. The van der Waals surface area contributed by atoms with Crippen molar-refractivity contribution in [1.29, 1.82) is 0 Å². The standard InChI is InChI=1S/C11H24O3Si/c1-11(2,14-15(12-3)13-4)10-8-6-5-7-9-10/h10,15H,5-9H2,1-4H3. The molecule has 1 aliphatic rings. The van der Waals surface area contributed by atoms with Gasteiger partial charge in [0, 0.05) is 14.2 Å². The lowest BCUT2D eigenvalue weighted by Gasteiger charge is -2.38. The fraction of sp³-hybridized carbons (Fsp3) is 1.00. The SMILES string of the molecule is CO[SiH](OC)OC(C)(C)C1CCCCC1. The summed E-state index contributed by atoms with van der Waals surface area (Å²) >= 11 is 0. The molecule has 0 atom stereocenters. The third-order valence-corrected chi connectivity index (χ3v) is 4.94. The summed E-state index contributed by atoms with van der Waals surface area (Å²) in [6.07, 6.45) is 6.61. The van der Waals surface area contributed by atoms with Gasteiger partial charge in [-0.05, 0) is 32.6 Å². The molecule has 4 heteroatoms. The Morgan fingerprint density at radius 3 is 2.00 bits per heavy atom. The monoisotopic (exact) mass is 232 g/mol. The third-order valence-electron chi connectivity index (χ3n) is 3.37. The molecule has 0 aliphatic heterocycles. The van der Waals surface area contributed by atoms with Crippen LogP contribution in [0.25, 0.3) is 0 Å². The van der Waals surface area contributed by atoms with E-state index in [0.717, 1.165) is 0 Å². The van der Waals surface area contributed by atoms with E-state index in [2.05, 4.69) is 13.8 Å². The van der Waals surface area contributed by atoms with E-state index in [-0.39, 0.29) is 5.60 Å². The van der Waals surface area contributed by atoms with Gasteiger partial charge < -0.3 is 13.3 Å². The van der Waals surface area contributed by atoms with Crippen molar-refractivity contribution in [3.8, 4) is 0 Å². The largest absolute Gasteiger partial charge is 0.484 e. The second kappa shape index (κ2) is 5.99. The van der Waals surface area contributed by atoms with Crippen molar-refractivity contribution in [2.45, 2.75) is 51.6 Å². The van der Waals surface area contributed by atoms with Gasteiger partial charge in [-0.3, -0.25) is 0 Å². The summed E-state index contributed by atoms with van der Waals surface area (Å²) in [6.45, 7) is 4.34. The Morgan fingerprint density at radius 2 is 1.53 bits per heavy atom. The third kappa shape index (κ3) is 3.87. The van der Waals surface area contributed by atoms with Gasteiger partial charge >= 0.3 is 9.53 Å². The van der Waals surface area contributed by atoms with Crippen molar-refractivity contribution in [1.82, 2.24) is 0 Å². The smallest absolute Gasteiger partial charge is 0.379 e.